The molecule has 0 saturated carbocycles. The van der Waals surface area contributed by atoms with E-state index in [2.05, 4.69) is 17.0 Å². The average molecular weight is 316 g/mol. The van der Waals surface area contributed by atoms with Gasteiger partial charge in [0.05, 0.1) is 5.02 Å². The summed E-state index contributed by atoms with van der Waals surface area (Å²) in [7, 11) is 0. The Morgan fingerprint density at radius 3 is 2.59 bits per heavy atom. The minimum atomic E-state index is -0.460. The fourth-order valence-corrected chi connectivity index (χ4v) is 2.86. The molecule has 0 amide bonds. The zero-order valence-corrected chi connectivity index (χ0v) is 12.7. The van der Waals surface area contributed by atoms with Gasteiger partial charge in [0.25, 0.3) is 0 Å². The maximum Gasteiger partial charge on any atom is 0.147 e. The molecule has 1 aliphatic heterocycles. The third-order valence-electron chi connectivity index (χ3n) is 3.82. The van der Waals surface area contributed by atoms with E-state index in [1.54, 1.807) is 6.07 Å². The lowest BCUT2D eigenvalue weighted by atomic mass is 10.0. The van der Waals surface area contributed by atoms with Gasteiger partial charge in [-0.3, -0.25) is 9.69 Å². The van der Waals surface area contributed by atoms with Crippen LogP contribution in [0.4, 0.5) is 4.39 Å². The van der Waals surface area contributed by atoms with E-state index in [1.165, 1.54) is 17.7 Å². The second-order valence-electron chi connectivity index (χ2n) is 5.38. The fraction of sp³-hybridized carbons (Fsp3) is 0.167. The molecule has 0 fully saturated rings. The SMILES string of the molecule is O=CC1=C(c2ccc(Cl)c(F)c2)CN(Cc2ccccc2)C1. The number of carbonyl (C=O) groups excluding carboxylic acids is 1. The van der Waals surface area contributed by atoms with Crippen LogP contribution in [0.25, 0.3) is 5.57 Å². The van der Waals surface area contributed by atoms with E-state index >= 15 is 0 Å². The molecular weight excluding hydrogens is 301 g/mol. The monoisotopic (exact) mass is 315 g/mol. The van der Waals surface area contributed by atoms with Gasteiger partial charge in [-0.05, 0) is 28.8 Å². The third-order valence-corrected chi connectivity index (χ3v) is 4.13. The molecule has 2 nitrogen and oxygen atoms in total. The van der Waals surface area contributed by atoms with Crippen molar-refractivity contribution in [1.82, 2.24) is 4.90 Å². The van der Waals surface area contributed by atoms with Crippen molar-refractivity contribution in [1.29, 1.82) is 0 Å². The van der Waals surface area contributed by atoms with Crippen molar-refractivity contribution < 1.29 is 9.18 Å². The second kappa shape index (κ2) is 6.42. The van der Waals surface area contributed by atoms with E-state index in [9.17, 15) is 9.18 Å². The maximum absolute atomic E-state index is 13.7. The first-order chi connectivity index (χ1) is 10.7. The molecule has 0 aliphatic carbocycles. The van der Waals surface area contributed by atoms with Crippen LogP contribution in [-0.4, -0.2) is 24.3 Å². The number of halogens is 2. The molecular formula is C18H15ClFNO. The number of carbonyl (C=O) groups is 1. The summed E-state index contributed by atoms with van der Waals surface area (Å²) in [6, 6.07) is 14.8. The van der Waals surface area contributed by atoms with Crippen molar-refractivity contribution >= 4 is 23.5 Å². The van der Waals surface area contributed by atoms with Crippen molar-refractivity contribution in [2.75, 3.05) is 13.1 Å². The van der Waals surface area contributed by atoms with Crippen LogP contribution in [0.5, 0.6) is 0 Å². The first-order valence-corrected chi connectivity index (χ1v) is 7.44. The van der Waals surface area contributed by atoms with Crippen molar-refractivity contribution in [2.24, 2.45) is 0 Å². The second-order valence-corrected chi connectivity index (χ2v) is 5.79. The Kier molecular flexibility index (Phi) is 4.36. The van der Waals surface area contributed by atoms with Gasteiger partial charge < -0.3 is 0 Å². The molecule has 1 heterocycles. The molecule has 0 radical (unpaired) electrons. The van der Waals surface area contributed by atoms with Gasteiger partial charge in [-0.2, -0.15) is 0 Å². The van der Waals surface area contributed by atoms with Crippen molar-refractivity contribution in [2.45, 2.75) is 6.54 Å². The molecule has 3 rings (SSSR count). The lowest BCUT2D eigenvalue weighted by molar-refractivity contribution is -0.105. The third kappa shape index (κ3) is 3.11. The van der Waals surface area contributed by atoms with E-state index in [4.69, 9.17) is 11.6 Å². The van der Waals surface area contributed by atoms with Crippen LogP contribution in [-0.2, 0) is 11.3 Å². The van der Waals surface area contributed by atoms with Gasteiger partial charge in [0.15, 0.2) is 0 Å². The fourth-order valence-electron chi connectivity index (χ4n) is 2.74. The van der Waals surface area contributed by atoms with Crippen LogP contribution in [0.15, 0.2) is 54.1 Å². The zero-order valence-electron chi connectivity index (χ0n) is 11.9. The minimum absolute atomic E-state index is 0.0936. The van der Waals surface area contributed by atoms with Gasteiger partial charge in [-0.25, -0.2) is 4.39 Å². The van der Waals surface area contributed by atoms with Gasteiger partial charge in [-0.1, -0.05) is 48.0 Å². The number of benzene rings is 2. The van der Waals surface area contributed by atoms with E-state index in [0.29, 0.717) is 18.7 Å². The Bertz CT molecular complexity index is 727. The summed E-state index contributed by atoms with van der Waals surface area (Å²) in [5.41, 5.74) is 3.50. The first-order valence-electron chi connectivity index (χ1n) is 7.06. The summed E-state index contributed by atoms with van der Waals surface area (Å²) in [5, 5.41) is 0.0936. The van der Waals surface area contributed by atoms with Crippen LogP contribution in [0.3, 0.4) is 0 Å². The standard InChI is InChI=1S/C18H15ClFNO/c19-17-7-6-14(8-18(17)20)16-11-21(10-15(16)12-22)9-13-4-2-1-3-5-13/h1-8,12H,9-11H2. The zero-order chi connectivity index (χ0) is 15.5. The lowest BCUT2D eigenvalue weighted by Gasteiger charge is -2.16. The average Bonchev–Trinajstić information content (AvgIpc) is 2.94. The summed E-state index contributed by atoms with van der Waals surface area (Å²) in [5.74, 6) is -0.460. The maximum atomic E-state index is 13.7. The highest BCUT2D eigenvalue weighted by molar-refractivity contribution is 6.30. The normalized spacial score (nSPS) is 15.4. The highest BCUT2D eigenvalue weighted by Crippen LogP contribution is 2.29. The van der Waals surface area contributed by atoms with Crippen molar-refractivity contribution in [3.05, 3.63) is 76.1 Å². The number of nitrogens with zero attached hydrogens (tertiary/aromatic N) is 1. The van der Waals surface area contributed by atoms with Gasteiger partial charge in [0, 0.05) is 25.2 Å². The number of rotatable bonds is 4. The smallest absolute Gasteiger partial charge is 0.147 e. The molecule has 4 heteroatoms. The molecule has 0 spiro atoms. The molecule has 0 bridgehead atoms. The Hall–Kier alpha value is -1.97. The van der Waals surface area contributed by atoms with E-state index in [0.717, 1.165) is 24.0 Å². The van der Waals surface area contributed by atoms with Crippen molar-refractivity contribution in [3.8, 4) is 0 Å². The summed E-state index contributed by atoms with van der Waals surface area (Å²) in [6.45, 7) is 1.97. The van der Waals surface area contributed by atoms with Gasteiger partial charge >= 0.3 is 0 Å². The number of hydrogen-bond donors (Lipinski definition) is 0. The Labute approximate surface area is 133 Å². The van der Waals surface area contributed by atoms with Crippen LogP contribution in [0.1, 0.15) is 11.1 Å². The Morgan fingerprint density at radius 2 is 1.91 bits per heavy atom. The van der Waals surface area contributed by atoms with E-state index in [1.807, 2.05) is 18.2 Å². The molecule has 1 aliphatic rings. The van der Waals surface area contributed by atoms with Crippen LogP contribution < -0.4 is 0 Å². The predicted molar refractivity (Wildman–Crippen MR) is 86.1 cm³/mol. The Balaban J connectivity index is 1.81. The summed E-state index contributed by atoms with van der Waals surface area (Å²) in [6.07, 6.45) is 0.868. The summed E-state index contributed by atoms with van der Waals surface area (Å²) < 4.78 is 13.7. The lowest BCUT2D eigenvalue weighted by Crippen LogP contribution is -2.21. The minimum Gasteiger partial charge on any atom is -0.298 e. The molecule has 22 heavy (non-hydrogen) atoms. The molecule has 0 saturated heterocycles. The highest BCUT2D eigenvalue weighted by atomic mass is 35.5. The predicted octanol–water partition coefficient (Wildman–Crippen LogP) is 3.95. The number of hydrogen-bond acceptors (Lipinski definition) is 2. The molecule has 0 aromatic heterocycles. The first kappa shape index (κ1) is 14.9. The van der Waals surface area contributed by atoms with Gasteiger partial charge in [-0.15, -0.1) is 0 Å². The summed E-state index contributed by atoms with van der Waals surface area (Å²) in [4.78, 5) is 13.5. The van der Waals surface area contributed by atoms with E-state index < -0.39 is 5.82 Å². The van der Waals surface area contributed by atoms with Crippen molar-refractivity contribution in [3.63, 3.8) is 0 Å². The molecule has 0 atom stereocenters. The summed E-state index contributed by atoms with van der Waals surface area (Å²) >= 11 is 5.72. The highest BCUT2D eigenvalue weighted by Gasteiger charge is 2.23. The Morgan fingerprint density at radius 1 is 1.14 bits per heavy atom. The molecule has 2 aromatic rings. The molecule has 2 aromatic carbocycles. The quantitative estimate of drug-likeness (QED) is 0.796. The van der Waals surface area contributed by atoms with Crippen LogP contribution in [0, 0.1) is 5.82 Å². The van der Waals surface area contributed by atoms with Gasteiger partial charge in [0.1, 0.15) is 12.1 Å². The van der Waals surface area contributed by atoms with Crippen LogP contribution in [0.2, 0.25) is 5.02 Å². The topological polar surface area (TPSA) is 20.3 Å². The molecule has 0 unspecified atom stereocenters. The molecule has 112 valence electrons. The number of aldehydes is 1. The molecule has 0 N–H and O–H groups in total. The van der Waals surface area contributed by atoms with E-state index in [-0.39, 0.29) is 5.02 Å². The van der Waals surface area contributed by atoms with Crippen LogP contribution >= 0.6 is 11.6 Å². The van der Waals surface area contributed by atoms with Gasteiger partial charge in [0.2, 0.25) is 0 Å². The largest absolute Gasteiger partial charge is 0.298 e.